The van der Waals surface area contributed by atoms with Crippen molar-refractivity contribution in [2.45, 2.75) is 26.8 Å². The molecule has 0 fully saturated rings. The zero-order valence-corrected chi connectivity index (χ0v) is 17.2. The zero-order chi connectivity index (χ0) is 21.0. The number of carbonyl (C=O) groups excluding carboxylic acids is 2. The third kappa shape index (κ3) is 4.46. The Labute approximate surface area is 171 Å². The van der Waals surface area contributed by atoms with Gasteiger partial charge in [0.25, 0.3) is 0 Å². The normalized spacial score (nSPS) is 11.9. The molecule has 2 N–H and O–H groups in total. The van der Waals surface area contributed by atoms with Crippen LogP contribution < -0.4 is 5.32 Å². The second-order valence-corrected chi connectivity index (χ2v) is 7.18. The van der Waals surface area contributed by atoms with Crippen LogP contribution in [0.2, 0.25) is 0 Å². The Morgan fingerprint density at radius 2 is 1.59 bits per heavy atom. The Morgan fingerprint density at radius 3 is 2.21 bits per heavy atom. The molecule has 150 valence electrons. The molecule has 1 heterocycles. The fourth-order valence-electron chi connectivity index (χ4n) is 3.55. The van der Waals surface area contributed by atoms with Crippen molar-refractivity contribution in [3.05, 3.63) is 93.8 Å². The average molecular weight is 390 g/mol. The van der Waals surface area contributed by atoms with Gasteiger partial charge in [-0.25, -0.2) is 4.79 Å². The van der Waals surface area contributed by atoms with Crippen LogP contribution in [0.5, 0.6) is 0 Å². The molecule has 0 bridgehead atoms. The van der Waals surface area contributed by atoms with Crippen molar-refractivity contribution in [3.8, 4) is 0 Å². The molecular formula is C24H26N2O3. The van der Waals surface area contributed by atoms with Gasteiger partial charge in [-0.05, 0) is 37.5 Å². The van der Waals surface area contributed by atoms with E-state index in [0.717, 1.165) is 11.1 Å². The van der Waals surface area contributed by atoms with Crippen LogP contribution in [0, 0.1) is 20.8 Å². The SMILES string of the molecule is COC(=O)c1c(C)[nH]c(C(=O)CN[C@@H](c2ccccc2)c2ccc(C)cc2)c1C. The Morgan fingerprint density at radius 1 is 0.966 bits per heavy atom. The van der Waals surface area contributed by atoms with E-state index in [0.29, 0.717) is 22.5 Å². The summed E-state index contributed by atoms with van der Waals surface area (Å²) in [6.07, 6.45) is 0. The molecule has 0 aliphatic rings. The lowest BCUT2D eigenvalue weighted by molar-refractivity contribution is 0.0599. The van der Waals surface area contributed by atoms with Gasteiger partial charge in [-0.3, -0.25) is 10.1 Å². The number of nitrogens with one attached hydrogen (secondary N) is 2. The van der Waals surface area contributed by atoms with E-state index in [2.05, 4.69) is 34.6 Å². The van der Waals surface area contributed by atoms with Gasteiger partial charge in [-0.2, -0.15) is 0 Å². The van der Waals surface area contributed by atoms with Crippen molar-refractivity contribution in [2.75, 3.05) is 13.7 Å². The molecule has 0 saturated carbocycles. The fourth-order valence-corrected chi connectivity index (χ4v) is 3.55. The number of ether oxygens (including phenoxy) is 1. The van der Waals surface area contributed by atoms with E-state index in [1.807, 2.05) is 37.3 Å². The van der Waals surface area contributed by atoms with Gasteiger partial charge in [0.1, 0.15) is 0 Å². The number of benzene rings is 2. The summed E-state index contributed by atoms with van der Waals surface area (Å²) in [7, 11) is 1.34. The third-order valence-corrected chi connectivity index (χ3v) is 5.12. The number of methoxy groups -OCH3 is 1. The number of aromatic amines is 1. The molecule has 0 unspecified atom stereocenters. The van der Waals surface area contributed by atoms with Gasteiger partial charge >= 0.3 is 5.97 Å². The van der Waals surface area contributed by atoms with Gasteiger partial charge in [0.05, 0.1) is 31.0 Å². The van der Waals surface area contributed by atoms with Crippen LogP contribution in [0.15, 0.2) is 54.6 Å². The highest BCUT2D eigenvalue weighted by Gasteiger charge is 2.23. The topological polar surface area (TPSA) is 71.2 Å². The molecule has 3 rings (SSSR count). The van der Waals surface area contributed by atoms with E-state index in [1.165, 1.54) is 12.7 Å². The first-order valence-corrected chi connectivity index (χ1v) is 9.58. The molecule has 3 aromatic rings. The maximum Gasteiger partial charge on any atom is 0.339 e. The second-order valence-electron chi connectivity index (χ2n) is 7.18. The van der Waals surface area contributed by atoms with E-state index < -0.39 is 5.97 Å². The number of rotatable bonds is 7. The highest BCUT2D eigenvalue weighted by atomic mass is 16.5. The molecule has 29 heavy (non-hydrogen) atoms. The second kappa shape index (κ2) is 8.88. The first-order valence-electron chi connectivity index (χ1n) is 9.58. The number of hydrogen-bond donors (Lipinski definition) is 2. The van der Waals surface area contributed by atoms with E-state index in [1.54, 1.807) is 13.8 Å². The first kappa shape index (κ1) is 20.6. The molecular weight excluding hydrogens is 364 g/mol. The Kier molecular flexibility index (Phi) is 6.29. The van der Waals surface area contributed by atoms with Gasteiger partial charge in [0.2, 0.25) is 0 Å². The maximum atomic E-state index is 12.9. The van der Waals surface area contributed by atoms with Gasteiger partial charge in [-0.15, -0.1) is 0 Å². The molecule has 0 saturated heterocycles. The molecule has 1 atom stereocenters. The first-order chi connectivity index (χ1) is 13.9. The quantitative estimate of drug-likeness (QED) is 0.466. The molecule has 0 aliphatic carbocycles. The summed E-state index contributed by atoms with van der Waals surface area (Å²) in [6.45, 7) is 5.71. The van der Waals surface area contributed by atoms with E-state index >= 15 is 0 Å². The van der Waals surface area contributed by atoms with E-state index in [-0.39, 0.29) is 18.4 Å². The summed E-state index contributed by atoms with van der Waals surface area (Å²) in [6, 6.07) is 18.2. The maximum absolute atomic E-state index is 12.9. The van der Waals surface area contributed by atoms with Crippen LogP contribution in [-0.4, -0.2) is 30.4 Å². The minimum Gasteiger partial charge on any atom is -0.465 e. The lowest BCUT2D eigenvalue weighted by Gasteiger charge is -2.20. The van der Waals surface area contributed by atoms with Crippen molar-refractivity contribution in [3.63, 3.8) is 0 Å². The van der Waals surface area contributed by atoms with Crippen LogP contribution >= 0.6 is 0 Å². The van der Waals surface area contributed by atoms with Gasteiger partial charge in [-0.1, -0.05) is 60.2 Å². The minimum absolute atomic E-state index is 0.103. The monoisotopic (exact) mass is 390 g/mol. The predicted molar refractivity (Wildman–Crippen MR) is 113 cm³/mol. The van der Waals surface area contributed by atoms with Crippen LogP contribution in [0.4, 0.5) is 0 Å². The number of esters is 1. The average Bonchev–Trinajstić information content (AvgIpc) is 3.03. The lowest BCUT2D eigenvalue weighted by atomic mass is 9.97. The lowest BCUT2D eigenvalue weighted by Crippen LogP contribution is -2.29. The summed E-state index contributed by atoms with van der Waals surface area (Å²) in [5.74, 6) is -0.543. The molecule has 5 nitrogen and oxygen atoms in total. The largest absolute Gasteiger partial charge is 0.465 e. The highest BCUT2D eigenvalue weighted by molar-refractivity contribution is 6.02. The van der Waals surface area contributed by atoms with Crippen molar-refractivity contribution in [1.82, 2.24) is 10.3 Å². The molecule has 1 aromatic heterocycles. The van der Waals surface area contributed by atoms with Crippen LogP contribution in [0.3, 0.4) is 0 Å². The molecule has 0 spiro atoms. The van der Waals surface area contributed by atoms with Crippen molar-refractivity contribution < 1.29 is 14.3 Å². The predicted octanol–water partition coefficient (Wildman–Crippen LogP) is 4.29. The molecule has 5 heteroatoms. The Hall–Kier alpha value is -3.18. The summed E-state index contributed by atoms with van der Waals surface area (Å²) in [5.41, 5.74) is 5.47. The zero-order valence-electron chi connectivity index (χ0n) is 17.2. The minimum atomic E-state index is -0.440. The smallest absolute Gasteiger partial charge is 0.339 e. The highest BCUT2D eigenvalue weighted by Crippen LogP contribution is 2.23. The fraction of sp³-hybridized carbons (Fsp3) is 0.250. The summed E-state index contributed by atoms with van der Waals surface area (Å²) in [5, 5.41) is 3.38. The van der Waals surface area contributed by atoms with Gasteiger partial charge in [0, 0.05) is 5.69 Å². The van der Waals surface area contributed by atoms with Crippen molar-refractivity contribution in [1.29, 1.82) is 0 Å². The third-order valence-electron chi connectivity index (χ3n) is 5.12. The number of hydrogen-bond acceptors (Lipinski definition) is 4. The molecule has 2 aromatic carbocycles. The Balaban J connectivity index is 1.84. The number of aryl methyl sites for hydroxylation is 2. The van der Waals surface area contributed by atoms with Crippen molar-refractivity contribution in [2.24, 2.45) is 0 Å². The number of Topliss-reactive ketones (excluding diaryl/α,β-unsaturated/α-hetero) is 1. The number of carbonyl (C=O) groups is 2. The van der Waals surface area contributed by atoms with Crippen LogP contribution in [0.1, 0.15) is 54.8 Å². The van der Waals surface area contributed by atoms with Gasteiger partial charge in [0.15, 0.2) is 5.78 Å². The summed E-state index contributed by atoms with van der Waals surface area (Å²) in [4.78, 5) is 28.0. The van der Waals surface area contributed by atoms with Gasteiger partial charge < -0.3 is 9.72 Å². The number of aromatic nitrogens is 1. The van der Waals surface area contributed by atoms with Crippen LogP contribution in [0.25, 0.3) is 0 Å². The van der Waals surface area contributed by atoms with Crippen molar-refractivity contribution >= 4 is 11.8 Å². The number of ketones is 1. The van der Waals surface area contributed by atoms with E-state index in [9.17, 15) is 9.59 Å². The molecule has 0 radical (unpaired) electrons. The summed E-state index contributed by atoms with van der Waals surface area (Å²) < 4.78 is 4.83. The van der Waals surface area contributed by atoms with Crippen LogP contribution in [-0.2, 0) is 4.74 Å². The molecule has 0 aliphatic heterocycles. The standard InChI is InChI=1S/C24H26N2O3/c1-15-10-12-19(13-11-15)23(18-8-6-5-7-9-18)25-14-20(27)22-16(2)21(17(3)26-22)24(28)29-4/h5-13,23,25-26H,14H2,1-4H3/t23-/m0/s1. The molecule has 0 amide bonds. The number of H-pyrrole nitrogens is 1. The summed E-state index contributed by atoms with van der Waals surface area (Å²) >= 11 is 0. The Bertz CT molecular complexity index is 1000. The van der Waals surface area contributed by atoms with E-state index in [4.69, 9.17) is 4.74 Å².